The van der Waals surface area contributed by atoms with Gasteiger partial charge in [0, 0.05) is 34.8 Å². The predicted octanol–water partition coefficient (Wildman–Crippen LogP) is 3.62. The lowest BCUT2D eigenvalue weighted by atomic mass is 10.00. The maximum absolute atomic E-state index is 10.4. The Morgan fingerprint density at radius 1 is 1.26 bits per heavy atom. The van der Waals surface area contributed by atoms with Crippen LogP contribution >= 0.6 is 23.2 Å². The highest BCUT2D eigenvalue weighted by atomic mass is 35.5. The van der Waals surface area contributed by atoms with Gasteiger partial charge in [-0.3, -0.25) is 4.68 Å². The third-order valence-corrected chi connectivity index (χ3v) is 4.07. The topological polar surface area (TPSA) is 38.0 Å². The molecule has 2 rings (SSSR count). The summed E-state index contributed by atoms with van der Waals surface area (Å²) in [6.45, 7) is 3.83. The zero-order valence-electron chi connectivity index (χ0n) is 11.1. The van der Waals surface area contributed by atoms with E-state index in [9.17, 15) is 5.11 Å². The Morgan fingerprint density at radius 3 is 2.32 bits per heavy atom. The van der Waals surface area contributed by atoms with Crippen LogP contribution in [0.2, 0.25) is 10.0 Å². The molecule has 0 aliphatic rings. The second-order valence-electron chi connectivity index (χ2n) is 4.63. The van der Waals surface area contributed by atoms with Gasteiger partial charge in [-0.05, 0) is 31.5 Å². The molecule has 1 aromatic heterocycles. The predicted molar refractivity (Wildman–Crippen MR) is 77.8 cm³/mol. The minimum atomic E-state index is -0.661. The molecule has 2 aromatic rings. The zero-order valence-corrected chi connectivity index (χ0v) is 12.6. The highest BCUT2D eigenvalue weighted by molar-refractivity contribution is 6.36. The third-order valence-electron chi connectivity index (χ3n) is 3.36. The normalized spacial score (nSPS) is 12.7. The molecule has 1 N–H and O–H groups in total. The van der Waals surface area contributed by atoms with E-state index in [2.05, 4.69) is 5.10 Å². The van der Waals surface area contributed by atoms with E-state index in [-0.39, 0.29) is 0 Å². The lowest BCUT2D eigenvalue weighted by molar-refractivity contribution is 0.177. The van der Waals surface area contributed by atoms with Crippen molar-refractivity contribution in [2.45, 2.75) is 26.4 Å². The van der Waals surface area contributed by atoms with Crippen LogP contribution in [0.5, 0.6) is 0 Å². The zero-order chi connectivity index (χ0) is 14.2. The van der Waals surface area contributed by atoms with Gasteiger partial charge >= 0.3 is 0 Å². The number of rotatable bonds is 3. The molecule has 0 fully saturated rings. The van der Waals surface area contributed by atoms with Crippen molar-refractivity contribution < 1.29 is 5.11 Å². The Bertz CT molecular complexity index is 587. The van der Waals surface area contributed by atoms with Crippen LogP contribution in [0.1, 0.15) is 28.6 Å². The first-order valence-electron chi connectivity index (χ1n) is 6.03. The Kier molecular flexibility index (Phi) is 4.19. The second kappa shape index (κ2) is 5.53. The number of hydrogen-bond acceptors (Lipinski definition) is 2. The van der Waals surface area contributed by atoms with Gasteiger partial charge in [0.25, 0.3) is 0 Å². The van der Waals surface area contributed by atoms with Gasteiger partial charge in [-0.25, -0.2) is 0 Å². The van der Waals surface area contributed by atoms with Crippen LogP contribution in [0.15, 0.2) is 18.2 Å². The summed E-state index contributed by atoms with van der Waals surface area (Å²) in [6.07, 6.45) is -0.280. The maximum atomic E-state index is 10.4. The van der Waals surface area contributed by atoms with E-state index in [1.165, 1.54) is 0 Å². The number of aromatic nitrogens is 2. The molecule has 19 heavy (non-hydrogen) atoms. The molecule has 1 unspecified atom stereocenters. The minimum Gasteiger partial charge on any atom is -0.388 e. The average molecular weight is 299 g/mol. The summed E-state index contributed by atoms with van der Waals surface area (Å²) in [6, 6.07) is 5.35. The van der Waals surface area contributed by atoms with Crippen molar-refractivity contribution in [1.82, 2.24) is 9.78 Å². The molecule has 0 bridgehead atoms. The van der Waals surface area contributed by atoms with E-state index in [1.807, 2.05) is 20.9 Å². The van der Waals surface area contributed by atoms with Crippen molar-refractivity contribution in [1.29, 1.82) is 0 Å². The van der Waals surface area contributed by atoms with Gasteiger partial charge in [-0.1, -0.05) is 29.3 Å². The molecule has 102 valence electrons. The first-order chi connectivity index (χ1) is 8.91. The van der Waals surface area contributed by atoms with Gasteiger partial charge in [0.2, 0.25) is 0 Å². The van der Waals surface area contributed by atoms with Gasteiger partial charge in [0.1, 0.15) is 0 Å². The van der Waals surface area contributed by atoms with Crippen LogP contribution in [0.3, 0.4) is 0 Å². The summed E-state index contributed by atoms with van der Waals surface area (Å²) in [7, 11) is 1.86. The number of halogens is 2. The lowest BCUT2D eigenvalue weighted by Gasteiger charge is -2.14. The fraction of sp³-hybridized carbons (Fsp3) is 0.357. The molecule has 0 amide bonds. The Morgan fingerprint density at radius 2 is 1.84 bits per heavy atom. The van der Waals surface area contributed by atoms with E-state index < -0.39 is 6.10 Å². The van der Waals surface area contributed by atoms with Crippen molar-refractivity contribution in [2.24, 2.45) is 7.05 Å². The highest BCUT2D eigenvalue weighted by Crippen LogP contribution is 2.31. The standard InChI is InChI=1S/C14H16Cl2N2O/c1-8-14(9(2)18(3)17-8)13(19)7-10-11(15)5-4-6-12(10)16/h4-6,13,19H,7H2,1-3H3. The summed E-state index contributed by atoms with van der Waals surface area (Å²) in [5.41, 5.74) is 3.39. The number of benzene rings is 1. The Labute approximate surface area is 122 Å². The summed E-state index contributed by atoms with van der Waals surface area (Å²) in [4.78, 5) is 0. The Balaban J connectivity index is 2.33. The smallest absolute Gasteiger partial charge is 0.0867 e. The van der Waals surface area contributed by atoms with Crippen LogP contribution < -0.4 is 0 Å². The summed E-state index contributed by atoms with van der Waals surface area (Å²) in [5.74, 6) is 0. The van der Waals surface area contributed by atoms with Gasteiger partial charge < -0.3 is 5.11 Å². The van der Waals surface area contributed by atoms with Crippen LogP contribution in [0.4, 0.5) is 0 Å². The molecule has 1 atom stereocenters. The van der Waals surface area contributed by atoms with Crippen molar-refractivity contribution in [3.63, 3.8) is 0 Å². The SMILES string of the molecule is Cc1nn(C)c(C)c1C(O)Cc1c(Cl)cccc1Cl. The quantitative estimate of drug-likeness (QED) is 0.940. The van der Waals surface area contributed by atoms with Gasteiger partial charge in [-0.15, -0.1) is 0 Å². The maximum Gasteiger partial charge on any atom is 0.0867 e. The molecule has 0 spiro atoms. The Hall–Kier alpha value is -1.03. The van der Waals surface area contributed by atoms with E-state index in [1.54, 1.807) is 22.9 Å². The van der Waals surface area contributed by atoms with Crippen molar-refractivity contribution in [3.8, 4) is 0 Å². The largest absolute Gasteiger partial charge is 0.388 e. The molecule has 0 saturated heterocycles. The van der Waals surface area contributed by atoms with Crippen LogP contribution in [0.25, 0.3) is 0 Å². The number of hydrogen-bond donors (Lipinski definition) is 1. The second-order valence-corrected chi connectivity index (χ2v) is 5.44. The fourth-order valence-corrected chi connectivity index (χ4v) is 2.85. The molecule has 5 heteroatoms. The molecule has 1 aromatic carbocycles. The number of aliphatic hydroxyl groups excluding tert-OH is 1. The van der Waals surface area contributed by atoms with E-state index in [4.69, 9.17) is 23.2 Å². The number of nitrogens with zero attached hydrogens (tertiary/aromatic N) is 2. The number of aryl methyl sites for hydroxylation is 2. The van der Waals surface area contributed by atoms with E-state index in [0.29, 0.717) is 16.5 Å². The molecular formula is C14H16Cl2N2O. The van der Waals surface area contributed by atoms with Crippen LogP contribution in [-0.4, -0.2) is 14.9 Å². The van der Waals surface area contributed by atoms with E-state index in [0.717, 1.165) is 22.5 Å². The molecule has 0 saturated carbocycles. The van der Waals surface area contributed by atoms with Crippen molar-refractivity contribution in [2.75, 3.05) is 0 Å². The van der Waals surface area contributed by atoms with Gasteiger partial charge in [-0.2, -0.15) is 5.10 Å². The molecular weight excluding hydrogens is 283 g/mol. The lowest BCUT2D eigenvalue weighted by Crippen LogP contribution is -2.06. The molecule has 3 nitrogen and oxygen atoms in total. The molecule has 0 aliphatic carbocycles. The highest BCUT2D eigenvalue weighted by Gasteiger charge is 2.20. The summed E-state index contributed by atoms with van der Waals surface area (Å²) < 4.78 is 1.77. The van der Waals surface area contributed by atoms with Gasteiger partial charge in [0.15, 0.2) is 0 Å². The van der Waals surface area contributed by atoms with Crippen molar-refractivity contribution >= 4 is 23.2 Å². The summed E-state index contributed by atoms with van der Waals surface area (Å²) >= 11 is 12.3. The van der Waals surface area contributed by atoms with Crippen LogP contribution in [-0.2, 0) is 13.5 Å². The average Bonchev–Trinajstić information content (AvgIpc) is 2.58. The van der Waals surface area contributed by atoms with Gasteiger partial charge in [0.05, 0.1) is 11.8 Å². The first kappa shape index (κ1) is 14.4. The summed E-state index contributed by atoms with van der Waals surface area (Å²) in [5, 5.41) is 15.9. The molecule has 0 aliphatic heterocycles. The fourth-order valence-electron chi connectivity index (χ4n) is 2.29. The monoisotopic (exact) mass is 298 g/mol. The molecule has 1 heterocycles. The van der Waals surface area contributed by atoms with E-state index >= 15 is 0 Å². The third kappa shape index (κ3) is 2.78. The van der Waals surface area contributed by atoms with Crippen molar-refractivity contribution in [3.05, 3.63) is 50.8 Å². The number of aliphatic hydroxyl groups is 1. The van der Waals surface area contributed by atoms with Crippen LogP contribution in [0, 0.1) is 13.8 Å². The first-order valence-corrected chi connectivity index (χ1v) is 6.78. The minimum absolute atomic E-state index is 0.381. The molecule has 0 radical (unpaired) electrons.